The minimum atomic E-state index is -3.60. The van der Waals surface area contributed by atoms with Gasteiger partial charge in [0, 0.05) is 12.8 Å². The lowest BCUT2D eigenvalue weighted by atomic mass is 10.1. The van der Waals surface area contributed by atoms with E-state index in [0.717, 1.165) is 6.26 Å². The molecule has 6 nitrogen and oxygen atoms in total. The standard InChI is InChI=1S/C13H20N2O4S/c1-13(2,20(3,18)19)12(17)15(8-9-16)11-7-5-4-6-10(11)14/h4-7,16H,8-9,14H2,1-3H3. The van der Waals surface area contributed by atoms with Crippen LogP contribution in [0.3, 0.4) is 0 Å². The molecule has 0 spiro atoms. The van der Waals surface area contributed by atoms with Gasteiger partial charge in [0.25, 0.3) is 0 Å². The molecule has 3 N–H and O–H groups in total. The van der Waals surface area contributed by atoms with Crippen molar-refractivity contribution in [3.05, 3.63) is 24.3 Å². The summed E-state index contributed by atoms with van der Waals surface area (Å²) in [5.41, 5.74) is 6.55. The molecule has 1 rings (SSSR count). The molecule has 0 aliphatic rings. The highest BCUT2D eigenvalue weighted by Crippen LogP contribution is 2.27. The third kappa shape index (κ3) is 3.10. The Hall–Kier alpha value is -1.60. The summed E-state index contributed by atoms with van der Waals surface area (Å²) in [6, 6.07) is 6.63. The summed E-state index contributed by atoms with van der Waals surface area (Å²) < 4.78 is 22.0. The summed E-state index contributed by atoms with van der Waals surface area (Å²) in [5.74, 6) is -0.619. The van der Waals surface area contributed by atoms with Gasteiger partial charge in [-0.15, -0.1) is 0 Å². The van der Waals surface area contributed by atoms with Crippen LogP contribution >= 0.6 is 0 Å². The number of aliphatic hydroxyl groups is 1. The number of aliphatic hydroxyl groups excluding tert-OH is 1. The van der Waals surface area contributed by atoms with Crippen molar-refractivity contribution in [1.82, 2.24) is 0 Å². The van der Waals surface area contributed by atoms with E-state index in [0.29, 0.717) is 11.4 Å². The van der Waals surface area contributed by atoms with Gasteiger partial charge in [-0.1, -0.05) is 12.1 Å². The molecular formula is C13H20N2O4S. The van der Waals surface area contributed by atoms with Crippen LogP contribution < -0.4 is 10.6 Å². The number of sulfone groups is 1. The van der Waals surface area contributed by atoms with Crippen molar-refractivity contribution >= 4 is 27.1 Å². The Balaban J connectivity index is 3.29. The van der Waals surface area contributed by atoms with Gasteiger partial charge in [0.1, 0.15) is 4.75 Å². The Morgan fingerprint density at radius 3 is 2.35 bits per heavy atom. The van der Waals surface area contributed by atoms with Crippen LogP contribution in [0.25, 0.3) is 0 Å². The second-order valence-electron chi connectivity index (χ2n) is 5.02. The molecule has 0 unspecified atom stereocenters. The fourth-order valence-electron chi connectivity index (χ4n) is 1.65. The van der Waals surface area contributed by atoms with E-state index in [1.54, 1.807) is 24.3 Å². The van der Waals surface area contributed by atoms with Crippen LogP contribution in [-0.4, -0.2) is 43.6 Å². The molecule has 0 saturated heterocycles. The van der Waals surface area contributed by atoms with Gasteiger partial charge >= 0.3 is 0 Å². The first-order valence-electron chi connectivity index (χ1n) is 6.10. The number of anilines is 2. The molecule has 0 atom stereocenters. The second-order valence-corrected chi connectivity index (χ2v) is 7.59. The number of hydrogen-bond donors (Lipinski definition) is 2. The fraction of sp³-hybridized carbons (Fsp3) is 0.462. The molecule has 7 heteroatoms. The number of amides is 1. The number of benzene rings is 1. The first-order valence-corrected chi connectivity index (χ1v) is 7.99. The quantitative estimate of drug-likeness (QED) is 0.767. The highest BCUT2D eigenvalue weighted by Gasteiger charge is 2.42. The highest BCUT2D eigenvalue weighted by molar-refractivity contribution is 7.92. The van der Waals surface area contributed by atoms with E-state index >= 15 is 0 Å². The Kier molecular flexibility index (Phi) is 4.77. The molecule has 0 aromatic heterocycles. The lowest BCUT2D eigenvalue weighted by Gasteiger charge is -2.31. The van der Waals surface area contributed by atoms with Crippen molar-refractivity contribution in [2.75, 3.05) is 30.0 Å². The van der Waals surface area contributed by atoms with Crippen molar-refractivity contribution in [3.8, 4) is 0 Å². The molecule has 1 amide bonds. The van der Waals surface area contributed by atoms with Gasteiger partial charge < -0.3 is 15.7 Å². The van der Waals surface area contributed by atoms with Crippen LogP contribution in [0.2, 0.25) is 0 Å². The number of carbonyl (C=O) groups is 1. The lowest BCUT2D eigenvalue weighted by molar-refractivity contribution is -0.120. The molecule has 0 aliphatic carbocycles. The van der Waals surface area contributed by atoms with Crippen molar-refractivity contribution in [3.63, 3.8) is 0 Å². The molecular weight excluding hydrogens is 280 g/mol. The number of para-hydroxylation sites is 2. The van der Waals surface area contributed by atoms with E-state index in [-0.39, 0.29) is 13.2 Å². The number of carbonyl (C=O) groups excluding carboxylic acids is 1. The molecule has 0 radical (unpaired) electrons. The highest BCUT2D eigenvalue weighted by atomic mass is 32.2. The molecule has 0 saturated carbocycles. The van der Waals surface area contributed by atoms with Crippen molar-refractivity contribution in [1.29, 1.82) is 0 Å². The first-order chi connectivity index (χ1) is 9.13. The van der Waals surface area contributed by atoms with Gasteiger partial charge in [0.2, 0.25) is 5.91 Å². The van der Waals surface area contributed by atoms with Gasteiger partial charge in [-0.3, -0.25) is 4.79 Å². The van der Waals surface area contributed by atoms with E-state index in [1.807, 2.05) is 0 Å². The Morgan fingerprint density at radius 2 is 1.90 bits per heavy atom. The normalized spacial score (nSPS) is 12.2. The van der Waals surface area contributed by atoms with Crippen LogP contribution in [0.5, 0.6) is 0 Å². The average molecular weight is 300 g/mol. The van der Waals surface area contributed by atoms with Crippen LogP contribution in [0.15, 0.2) is 24.3 Å². The summed E-state index contributed by atoms with van der Waals surface area (Å²) >= 11 is 0. The number of hydrogen-bond acceptors (Lipinski definition) is 5. The van der Waals surface area contributed by atoms with E-state index in [4.69, 9.17) is 10.8 Å². The maximum Gasteiger partial charge on any atom is 0.247 e. The zero-order chi connectivity index (χ0) is 15.6. The molecule has 0 fully saturated rings. The van der Waals surface area contributed by atoms with Gasteiger partial charge in [0.15, 0.2) is 9.84 Å². The number of rotatable bonds is 5. The number of nitrogens with zero attached hydrogens (tertiary/aromatic N) is 1. The minimum Gasteiger partial charge on any atom is -0.397 e. The van der Waals surface area contributed by atoms with Crippen LogP contribution in [0.1, 0.15) is 13.8 Å². The molecule has 1 aromatic rings. The molecule has 112 valence electrons. The Labute approximate surface area is 119 Å². The summed E-state index contributed by atoms with van der Waals surface area (Å²) in [7, 11) is -3.60. The molecule has 0 heterocycles. The SMILES string of the molecule is CC(C)(C(=O)N(CCO)c1ccccc1N)S(C)(=O)=O. The van der Waals surface area contributed by atoms with Crippen LogP contribution in [0, 0.1) is 0 Å². The Bertz CT molecular complexity index is 596. The van der Waals surface area contributed by atoms with Crippen molar-refractivity contribution in [2.24, 2.45) is 0 Å². The predicted octanol–water partition coefficient (Wildman–Crippen LogP) is 0.417. The van der Waals surface area contributed by atoms with Gasteiger partial charge in [-0.2, -0.15) is 0 Å². The van der Waals surface area contributed by atoms with E-state index in [1.165, 1.54) is 18.7 Å². The van der Waals surface area contributed by atoms with E-state index in [9.17, 15) is 13.2 Å². The van der Waals surface area contributed by atoms with Gasteiger partial charge in [-0.05, 0) is 26.0 Å². The van der Waals surface area contributed by atoms with Crippen molar-refractivity contribution in [2.45, 2.75) is 18.6 Å². The zero-order valence-corrected chi connectivity index (χ0v) is 12.6. The molecule has 20 heavy (non-hydrogen) atoms. The molecule has 0 aliphatic heterocycles. The van der Waals surface area contributed by atoms with Crippen LogP contribution in [-0.2, 0) is 14.6 Å². The van der Waals surface area contributed by atoms with E-state index < -0.39 is 20.5 Å². The molecule has 0 bridgehead atoms. The third-order valence-corrected chi connectivity index (χ3v) is 5.27. The fourth-order valence-corrected chi connectivity index (χ4v) is 2.08. The van der Waals surface area contributed by atoms with Crippen molar-refractivity contribution < 1.29 is 18.3 Å². The zero-order valence-electron chi connectivity index (χ0n) is 11.8. The van der Waals surface area contributed by atoms with Crippen LogP contribution in [0.4, 0.5) is 11.4 Å². The second kappa shape index (κ2) is 5.80. The first kappa shape index (κ1) is 16.5. The Morgan fingerprint density at radius 1 is 1.35 bits per heavy atom. The average Bonchev–Trinajstić information content (AvgIpc) is 2.35. The molecule has 1 aromatic carbocycles. The summed E-state index contributed by atoms with van der Waals surface area (Å²) in [6.45, 7) is 2.37. The third-order valence-electron chi connectivity index (χ3n) is 3.24. The summed E-state index contributed by atoms with van der Waals surface area (Å²) in [6.07, 6.45) is 1.01. The monoisotopic (exact) mass is 300 g/mol. The smallest absolute Gasteiger partial charge is 0.247 e. The number of nitrogen functional groups attached to an aromatic ring is 1. The summed E-state index contributed by atoms with van der Waals surface area (Å²) in [5, 5.41) is 9.12. The topological polar surface area (TPSA) is 101 Å². The largest absolute Gasteiger partial charge is 0.397 e. The number of nitrogens with two attached hydrogens (primary N) is 1. The predicted molar refractivity (Wildman–Crippen MR) is 79.2 cm³/mol. The van der Waals surface area contributed by atoms with Gasteiger partial charge in [0.05, 0.1) is 18.0 Å². The van der Waals surface area contributed by atoms with E-state index in [2.05, 4.69) is 0 Å². The minimum absolute atomic E-state index is 0.0218. The maximum absolute atomic E-state index is 12.5. The van der Waals surface area contributed by atoms with Gasteiger partial charge in [-0.25, -0.2) is 8.42 Å². The lowest BCUT2D eigenvalue weighted by Crippen LogP contribution is -2.51. The summed E-state index contributed by atoms with van der Waals surface area (Å²) in [4.78, 5) is 13.7. The maximum atomic E-state index is 12.5.